The van der Waals surface area contributed by atoms with E-state index in [1.54, 1.807) is 12.1 Å². The highest BCUT2D eigenvalue weighted by atomic mass is 19.1. The first-order valence-corrected chi connectivity index (χ1v) is 12.8. The van der Waals surface area contributed by atoms with Crippen LogP contribution in [0.15, 0.2) is 24.3 Å². The van der Waals surface area contributed by atoms with Gasteiger partial charge < -0.3 is 28.6 Å². The van der Waals surface area contributed by atoms with Crippen LogP contribution in [-0.4, -0.2) is 31.5 Å². The molecule has 7 heteroatoms. The largest absolute Gasteiger partial charge is 0.472 e. The van der Waals surface area contributed by atoms with Crippen molar-refractivity contribution in [2.24, 2.45) is 23.7 Å². The van der Waals surface area contributed by atoms with Crippen LogP contribution in [0.5, 0.6) is 17.2 Å². The van der Waals surface area contributed by atoms with E-state index in [0.717, 1.165) is 52.5 Å². The van der Waals surface area contributed by atoms with Crippen LogP contribution in [0.4, 0.5) is 10.1 Å². The number of fused-ring (bicyclic) bond motifs is 8. The van der Waals surface area contributed by atoms with Gasteiger partial charge in [0.2, 0.25) is 11.6 Å². The fraction of sp³-hybridized carbons (Fsp3) is 0.571. The average molecular weight is 482 g/mol. The van der Waals surface area contributed by atoms with Crippen molar-refractivity contribution in [1.29, 1.82) is 0 Å². The van der Waals surface area contributed by atoms with Crippen molar-refractivity contribution in [3.05, 3.63) is 46.8 Å². The van der Waals surface area contributed by atoms with E-state index in [2.05, 4.69) is 32.6 Å². The molecule has 0 unspecified atom stereocenters. The van der Waals surface area contributed by atoms with Gasteiger partial charge in [0.25, 0.3) is 0 Å². The second-order valence-corrected chi connectivity index (χ2v) is 11.3. The quantitative estimate of drug-likeness (QED) is 0.568. The number of hydrogen-bond donors (Lipinski definition) is 0. The zero-order chi connectivity index (χ0) is 24.1. The first kappa shape index (κ1) is 21.7. The van der Waals surface area contributed by atoms with Crippen LogP contribution in [0.25, 0.3) is 0 Å². The molecule has 0 amide bonds. The predicted octanol–water partition coefficient (Wildman–Crippen LogP) is 5.05. The molecule has 0 saturated carbocycles. The molecule has 0 aromatic heterocycles. The number of anilines is 1. The Morgan fingerprint density at radius 1 is 0.800 bits per heavy atom. The van der Waals surface area contributed by atoms with Gasteiger partial charge in [0.05, 0.1) is 25.3 Å². The van der Waals surface area contributed by atoms with Crippen molar-refractivity contribution < 1.29 is 28.1 Å². The second kappa shape index (κ2) is 7.26. The summed E-state index contributed by atoms with van der Waals surface area (Å²) in [5, 5.41) is 0. The Bertz CT molecular complexity index is 1200. The van der Waals surface area contributed by atoms with Gasteiger partial charge in [-0.3, -0.25) is 0 Å². The highest BCUT2D eigenvalue weighted by Crippen LogP contribution is 2.58. The summed E-state index contributed by atoms with van der Waals surface area (Å²) in [4.78, 5) is 2.11. The summed E-state index contributed by atoms with van der Waals surface area (Å²) >= 11 is 0. The van der Waals surface area contributed by atoms with Gasteiger partial charge in [-0.25, -0.2) is 4.39 Å². The maximum Gasteiger partial charge on any atom is 0.211 e. The summed E-state index contributed by atoms with van der Waals surface area (Å²) in [5.74, 6) is 2.30. The zero-order valence-corrected chi connectivity index (χ0v) is 20.7. The minimum Gasteiger partial charge on any atom is -0.472 e. The van der Waals surface area contributed by atoms with E-state index in [-0.39, 0.29) is 17.7 Å². The SMILES string of the molecule is C[C@H]1CO[C@]2(C)Oc3c(c4c(c5c3C[C@@H]3[C@@H](C)CO[C@]3(C)O5)CN(c3ccc(F)cc3)CO4)C[C@H]12. The Labute approximate surface area is 205 Å². The Morgan fingerprint density at radius 2 is 1.34 bits per heavy atom. The maximum atomic E-state index is 13.6. The third kappa shape index (κ3) is 3.07. The molecule has 2 aromatic carbocycles. The van der Waals surface area contributed by atoms with Gasteiger partial charge >= 0.3 is 0 Å². The van der Waals surface area contributed by atoms with E-state index in [4.69, 9.17) is 23.7 Å². The van der Waals surface area contributed by atoms with Gasteiger partial charge in [-0.2, -0.15) is 0 Å². The lowest BCUT2D eigenvalue weighted by atomic mass is 9.77. The predicted molar refractivity (Wildman–Crippen MR) is 127 cm³/mol. The Morgan fingerprint density at radius 3 is 1.94 bits per heavy atom. The lowest BCUT2D eigenvalue weighted by molar-refractivity contribution is -0.174. The fourth-order valence-corrected chi connectivity index (χ4v) is 6.89. The van der Waals surface area contributed by atoms with Crippen LogP contribution >= 0.6 is 0 Å². The highest BCUT2D eigenvalue weighted by molar-refractivity contribution is 5.67. The first-order valence-electron chi connectivity index (χ1n) is 12.8. The molecule has 0 bridgehead atoms. The summed E-state index contributed by atoms with van der Waals surface area (Å²) in [5.41, 5.74) is 4.17. The van der Waals surface area contributed by atoms with E-state index < -0.39 is 11.6 Å². The van der Waals surface area contributed by atoms with E-state index in [1.165, 1.54) is 12.1 Å². The van der Waals surface area contributed by atoms with E-state index in [0.29, 0.717) is 38.3 Å². The van der Waals surface area contributed by atoms with Crippen LogP contribution < -0.4 is 19.1 Å². The molecule has 0 aliphatic carbocycles. The lowest BCUT2D eigenvalue weighted by Gasteiger charge is -2.45. The maximum absolute atomic E-state index is 13.6. The van der Waals surface area contributed by atoms with Crippen molar-refractivity contribution in [2.45, 2.75) is 58.7 Å². The summed E-state index contributed by atoms with van der Waals surface area (Å²) < 4.78 is 45.9. The van der Waals surface area contributed by atoms with E-state index >= 15 is 0 Å². The van der Waals surface area contributed by atoms with Crippen molar-refractivity contribution in [3.63, 3.8) is 0 Å². The topological polar surface area (TPSA) is 49.4 Å². The molecule has 2 fully saturated rings. The third-order valence-electron chi connectivity index (χ3n) is 8.99. The number of halogens is 1. The molecule has 5 aliphatic rings. The number of nitrogens with zero attached hydrogens (tertiary/aromatic N) is 1. The molecule has 2 aromatic rings. The molecule has 186 valence electrons. The van der Waals surface area contributed by atoms with Crippen molar-refractivity contribution in [1.82, 2.24) is 0 Å². The fourth-order valence-electron chi connectivity index (χ4n) is 6.89. The highest BCUT2D eigenvalue weighted by Gasteiger charge is 2.55. The minimum atomic E-state index is -0.675. The molecule has 7 rings (SSSR count). The molecule has 5 heterocycles. The molecule has 0 N–H and O–H groups in total. The average Bonchev–Trinajstić information content (AvgIpc) is 3.31. The van der Waals surface area contributed by atoms with Crippen LogP contribution in [0.3, 0.4) is 0 Å². The summed E-state index contributed by atoms with van der Waals surface area (Å²) in [6.45, 7) is 11.0. The number of rotatable bonds is 1. The third-order valence-corrected chi connectivity index (χ3v) is 8.99. The standard InChI is InChI=1S/C28H32FNO5/c1-15-12-32-27(3)22(15)9-19-24-21(11-30(14-31-24)18-7-5-17(29)6-8-18)26-20(25(19)34-27)10-23-16(2)13-33-28(23,4)35-26/h5-8,15-16,22-23H,9-14H2,1-4H3/t15-,16-,22+,23+,27+,28+/m0/s1. The molecular formula is C28H32FNO5. The van der Waals surface area contributed by atoms with Gasteiger partial charge in [0, 0.05) is 42.5 Å². The van der Waals surface area contributed by atoms with Crippen LogP contribution in [0.2, 0.25) is 0 Å². The van der Waals surface area contributed by atoms with Gasteiger partial charge in [0.15, 0.2) is 6.73 Å². The Hall–Kier alpha value is -2.51. The van der Waals surface area contributed by atoms with E-state index in [9.17, 15) is 4.39 Å². The number of hydrogen-bond acceptors (Lipinski definition) is 6. The number of ether oxygens (including phenoxy) is 5. The van der Waals surface area contributed by atoms with Gasteiger partial charge in [-0.15, -0.1) is 0 Å². The van der Waals surface area contributed by atoms with Crippen molar-refractivity contribution in [2.75, 3.05) is 24.8 Å². The van der Waals surface area contributed by atoms with Crippen molar-refractivity contribution in [3.8, 4) is 17.2 Å². The van der Waals surface area contributed by atoms with Crippen LogP contribution in [0, 0.1) is 29.5 Å². The molecule has 2 saturated heterocycles. The Balaban J connectivity index is 1.38. The molecule has 0 spiro atoms. The van der Waals surface area contributed by atoms with E-state index in [1.807, 2.05) is 0 Å². The number of benzene rings is 2. The molecule has 6 atom stereocenters. The second-order valence-electron chi connectivity index (χ2n) is 11.3. The Kier molecular flexibility index (Phi) is 4.51. The van der Waals surface area contributed by atoms with Crippen molar-refractivity contribution >= 4 is 5.69 Å². The smallest absolute Gasteiger partial charge is 0.211 e. The minimum absolute atomic E-state index is 0.243. The van der Waals surface area contributed by atoms with Crippen LogP contribution in [-0.2, 0) is 28.9 Å². The van der Waals surface area contributed by atoms with Gasteiger partial charge in [0.1, 0.15) is 23.1 Å². The zero-order valence-electron chi connectivity index (χ0n) is 20.7. The monoisotopic (exact) mass is 481 g/mol. The lowest BCUT2D eigenvalue weighted by Crippen LogP contribution is -2.48. The molecule has 0 radical (unpaired) electrons. The summed E-state index contributed by atoms with van der Waals surface area (Å²) in [6.07, 6.45) is 1.68. The van der Waals surface area contributed by atoms with Gasteiger partial charge in [-0.05, 0) is 48.9 Å². The molecule has 5 aliphatic heterocycles. The summed E-state index contributed by atoms with van der Waals surface area (Å²) in [6, 6.07) is 6.56. The molecule has 35 heavy (non-hydrogen) atoms. The van der Waals surface area contributed by atoms with Crippen LogP contribution in [0.1, 0.15) is 44.4 Å². The molecule has 6 nitrogen and oxygen atoms in total. The summed E-state index contributed by atoms with van der Waals surface area (Å²) in [7, 11) is 0. The molecular weight excluding hydrogens is 449 g/mol. The normalized spacial score (nSPS) is 36.7. The first-order chi connectivity index (χ1) is 16.8. The van der Waals surface area contributed by atoms with Gasteiger partial charge in [-0.1, -0.05) is 13.8 Å².